The summed E-state index contributed by atoms with van der Waals surface area (Å²) in [6.07, 6.45) is 5.50. The minimum Gasteiger partial charge on any atom is -0.462 e. The van der Waals surface area contributed by atoms with Crippen molar-refractivity contribution in [2.24, 2.45) is 11.8 Å². The molecule has 0 unspecified atom stereocenters. The molecule has 0 bridgehead atoms. The van der Waals surface area contributed by atoms with Crippen LogP contribution in [0, 0.1) is 11.8 Å². The number of carbonyl (C=O) groups is 2. The van der Waals surface area contributed by atoms with Crippen molar-refractivity contribution < 1.29 is 23.2 Å². The number of amides is 1. The molecule has 1 fully saturated rings. The van der Waals surface area contributed by atoms with Gasteiger partial charge in [-0.25, -0.2) is 4.79 Å². The van der Waals surface area contributed by atoms with Crippen LogP contribution in [0.5, 0.6) is 0 Å². The summed E-state index contributed by atoms with van der Waals surface area (Å²) in [7, 11) is 0. The molecule has 198 valence electrons. The van der Waals surface area contributed by atoms with Crippen molar-refractivity contribution in [3.05, 3.63) is 60.3 Å². The van der Waals surface area contributed by atoms with E-state index in [4.69, 9.17) is 13.6 Å². The molecule has 1 aliphatic rings. The summed E-state index contributed by atoms with van der Waals surface area (Å²) in [6, 6.07) is 14.8. The van der Waals surface area contributed by atoms with Crippen LogP contribution in [0.15, 0.2) is 63.6 Å². The molecule has 3 aromatic heterocycles. The molecule has 0 radical (unpaired) electrons. The summed E-state index contributed by atoms with van der Waals surface area (Å²) in [5.41, 5.74) is 3.47. The molecular formula is C31H34N2O5. The number of furan rings is 2. The summed E-state index contributed by atoms with van der Waals surface area (Å²) >= 11 is 0. The number of nitrogens with zero attached hydrogens (tertiary/aromatic N) is 2. The van der Waals surface area contributed by atoms with Gasteiger partial charge in [0.1, 0.15) is 22.6 Å². The van der Waals surface area contributed by atoms with Crippen molar-refractivity contribution in [2.45, 2.75) is 59.4 Å². The molecule has 3 heterocycles. The van der Waals surface area contributed by atoms with Crippen molar-refractivity contribution in [3.63, 3.8) is 0 Å². The van der Waals surface area contributed by atoms with Crippen LogP contribution in [0.25, 0.3) is 33.7 Å². The van der Waals surface area contributed by atoms with E-state index in [0.717, 1.165) is 53.7 Å². The van der Waals surface area contributed by atoms with Gasteiger partial charge in [0, 0.05) is 41.4 Å². The quantitative estimate of drug-likeness (QED) is 0.237. The lowest BCUT2D eigenvalue weighted by Crippen LogP contribution is -2.42. The van der Waals surface area contributed by atoms with Crippen LogP contribution in [0.2, 0.25) is 0 Å². The average Bonchev–Trinajstić information content (AvgIpc) is 3.54. The fourth-order valence-electron chi connectivity index (χ4n) is 5.16. The molecule has 7 nitrogen and oxygen atoms in total. The van der Waals surface area contributed by atoms with Crippen molar-refractivity contribution >= 4 is 28.9 Å². The van der Waals surface area contributed by atoms with Crippen molar-refractivity contribution in [2.75, 3.05) is 11.5 Å². The highest BCUT2D eigenvalue weighted by atomic mass is 16.5. The molecule has 0 spiro atoms. The SMILES string of the molecule is CCOC(=O)c1cc(-c2ccc(-c3cc4ncccc4o3)cc2)oc1N(C(=O)[C@H]1CC[C@H](C)CC1)C(C)C. The molecule has 0 aliphatic heterocycles. The number of aromatic nitrogens is 1. The maximum Gasteiger partial charge on any atom is 0.343 e. The van der Waals surface area contributed by atoms with E-state index in [-0.39, 0.29) is 35.9 Å². The second-order valence-corrected chi connectivity index (χ2v) is 10.4. The Morgan fingerprint density at radius 3 is 2.26 bits per heavy atom. The number of carbonyl (C=O) groups excluding carboxylic acids is 2. The second kappa shape index (κ2) is 10.9. The number of benzene rings is 1. The number of anilines is 1. The number of ether oxygens (including phenoxy) is 1. The lowest BCUT2D eigenvalue weighted by molar-refractivity contribution is -0.124. The van der Waals surface area contributed by atoms with Gasteiger partial charge in [-0.1, -0.05) is 31.2 Å². The number of pyridine rings is 1. The van der Waals surface area contributed by atoms with Crippen molar-refractivity contribution in [1.82, 2.24) is 4.98 Å². The van der Waals surface area contributed by atoms with E-state index < -0.39 is 5.97 Å². The van der Waals surface area contributed by atoms with E-state index in [1.54, 1.807) is 24.1 Å². The Kier molecular flexibility index (Phi) is 7.36. The number of hydrogen-bond donors (Lipinski definition) is 0. The minimum absolute atomic E-state index is 0.00666. The third kappa shape index (κ3) is 5.10. The Balaban J connectivity index is 1.48. The summed E-state index contributed by atoms with van der Waals surface area (Å²) in [6.45, 7) is 8.11. The molecule has 1 aromatic carbocycles. The molecule has 5 rings (SSSR count). The van der Waals surface area contributed by atoms with Gasteiger partial charge in [-0.2, -0.15) is 0 Å². The summed E-state index contributed by atoms with van der Waals surface area (Å²) in [5.74, 6) is 1.54. The molecule has 4 aromatic rings. The molecule has 38 heavy (non-hydrogen) atoms. The largest absolute Gasteiger partial charge is 0.462 e. The van der Waals surface area contributed by atoms with E-state index in [2.05, 4.69) is 11.9 Å². The second-order valence-electron chi connectivity index (χ2n) is 10.4. The summed E-state index contributed by atoms with van der Waals surface area (Å²) in [5, 5.41) is 0. The van der Waals surface area contributed by atoms with E-state index >= 15 is 0 Å². The zero-order valence-electron chi connectivity index (χ0n) is 22.4. The van der Waals surface area contributed by atoms with Crippen LogP contribution in [0.1, 0.15) is 63.7 Å². The first-order valence-electron chi connectivity index (χ1n) is 13.4. The lowest BCUT2D eigenvalue weighted by atomic mass is 9.82. The minimum atomic E-state index is -0.500. The highest BCUT2D eigenvalue weighted by Crippen LogP contribution is 2.37. The van der Waals surface area contributed by atoms with Gasteiger partial charge in [0.05, 0.1) is 6.61 Å². The highest BCUT2D eigenvalue weighted by molar-refractivity contribution is 6.03. The number of rotatable bonds is 7. The molecule has 1 aliphatic carbocycles. The van der Waals surface area contributed by atoms with E-state index in [9.17, 15) is 9.59 Å². The first kappa shape index (κ1) is 25.8. The van der Waals surface area contributed by atoms with Crippen LogP contribution in [0.4, 0.5) is 5.88 Å². The first-order valence-corrected chi connectivity index (χ1v) is 13.4. The Hall–Kier alpha value is -3.87. The topological polar surface area (TPSA) is 85.8 Å². The molecule has 7 heteroatoms. The third-order valence-electron chi connectivity index (χ3n) is 7.29. The van der Waals surface area contributed by atoms with E-state index in [1.807, 2.05) is 56.3 Å². The zero-order valence-corrected chi connectivity index (χ0v) is 22.4. The predicted molar refractivity (Wildman–Crippen MR) is 147 cm³/mol. The summed E-state index contributed by atoms with van der Waals surface area (Å²) < 4.78 is 17.6. The molecule has 0 N–H and O–H groups in total. The van der Waals surface area contributed by atoms with Gasteiger partial charge >= 0.3 is 5.97 Å². The van der Waals surface area contributed by atoms with Crippen LogP contribution in [0.3, 0.4) is 0 Å². The highest BCUT2D eigenvalue weighted by Gasteiger charge is 2.35. The van der Waals surface area contributed by atoms with Gasteiger partial charge in [0.15, 0.2) is 5.58 Å². The molecule has 0 saturated heterocycles. The fraction of sp³-hybridized carbons (Fsp3) is 0.387. The number of hydrogen-bond acceptors (Lipinski definition) is 6. The van der Waals surface area contributed by atoms with Crippen LogP contribution in [-0.4, -0.2) is 29.5 Å². The molecule has 0 atom stereocenters. The van der Waals surface area contributed by atoms with Crippen molar-refractivity contribution in [3.8, 4) is 22.6 Å². The summed E-state index contributed by atoms with van der Waals surface area (Å²) in [4.78, 5) is 32.6. The first-order chi connectivity index (χ1) is 18.4. The zero-order chi connectivity index (χ0) is 26.8. The van der Waals surface area contributed by atoms with Gasteiger partial charge in [-0.15, -0.1) is 0 Å². The van der Waals surface area contributed by atoms with E-state index in [0.29, 0.717) is 11.7 Å². The van der Waals surface area contributed by atoms with Gasteiger partial charge in [-0.05, 0) is 64.5 Å². The van der Waals surface area contributed by atoms with Crippen LogP contribution >= 0.6 is 0 Å². The van der Waals surface area contributed by atoms with Gasteiger partial charge in [0.2, 0.25) is 11.8 Å². The third-order valence-corrected chi connectivity index (χ3v) is 7.29. The van der Waals surface area contributed by atoms with E-state index in [1.165, 1.54) is 0 Å². The Morgan fingerprint density at radius 1 is 1.00 bits per heavy atom. The Labute approximate surface area is 222 Å². The number of fused-ring (bicyclic) bond motifs is 1. The standard InChI is InChI=1S/C31H34N2O5/c1-5-36-31(35)24-17-27(38-30(24)33(19(2)3)29(34)23-10-8-20(4)9-11-23)21-12-14-22(15-13-21)28-18-25-26(37-28)7-6-16-32-25/h6-7,12-20,23H,5,8-11H2,1-4H3/t20-,23-. The smallest absolute Gasteiger partial charge is 0.343 e. The number of esters is 1. The predicted octanol–water partition coefficient (Wildman–Crippen LogP) is 7.50. The average molecular weight is 515 g/mol. The van der Waals surface area contributed by atoms with Gasteiger partial charge in [0.25, 0.3) is 0 Å². The maximum atomic E-state index is 13.7. The molecule has 1 amide bonds. The maximum absolute atomic E-state index is 13.7. The fourth-order valence-corrected chi connectivity index (χ4v) is 5.16. The van der Waals surface area contributed by atoms with Crippen molar-refractivity contribution in [1.29, 1.82) is 0 Å². The monoisotopic (exact) mass is 514 g/mol. The normalized spacial score (nSPS) is 17.6. The Bertz CT molecular complexity index is 1390. The lowest BCUT2D eigenvalue weighted by Gasteiger charge is -2.32. The Morgan fingerprint density at radius 2 is 1.66 bits per heavy atom. The van der Waals surface area contributed by atoms with Crippen LogP contribution < -0.4 is 4.90 Å². The molecular weight excluding hydrogens is 480 g/mol. The van der Waals surface area contributed by atoms with Gasteiger partial charge in [-0.3, -0.25) is 14.7 Å². The van der Waals surface area contributed by atoms with Gasteiger partial charge < -0.3 is 13.6 Å². The molecule has 1 saturated carbocycles. The van der Waals surface area contributed by atoms with Crippen LogP contribution in [-0.2, 0) is 9.53 Å².